The van der Waals surface area contributed by atoms with Crippen molar-refractivity contribution in [3.63, 3.8) is 0 Å². The molecule has 166 valence electrons. The molecule has 0 radical (unpaired) electrons. The van der Waals surface area contributed by atoms with Crippen molar-refractivity contribution in [1.82, 2.24) is 4.98 Å². The minimum Gasteiger partial charge on any atom is -0.493 e. The van der Waals surface area contributed by atoms with Gasteiger partial charge in [-0.05, 0) is 44.9 Å². The lowest BCUT2D eigenvalue weighted by atomic mass is 9.78. The van der Waals surface area contributed by atoms with E-state index in [-0.39, 0.29) is 23.1 Å². The molecule has 1 saturated heterocycles. The van der Waals surface area contributed by atoms with Gasteiger partial charge in [0.05, 0.1) is 12.7 Å². The van der Waals surface area contributed by atoms with E-state index >= 15 is 0 Å². The average Bonchev–Trinajstić information content (AvgIpc) is 2.93. The summed E-state index contributed by atoms with van der Waals surface area (Å²) < 4.78 is 39.4. The highest BCUT2D eigenvalue weighted by Crippen LogP contribution is 2.49. The first-order valence-electron chi connectivity index (χ1n) is 9.96. The number of aryl methyl sites for hydroxylation is 1. The van der Waals surface area contributed by atoms with Crippen molar-refractivity contribution in [3.05, 3.63) is 52.9 Å². The predicted octanol–water partition coefficient (Wildman–Crippen LogP) is 4.42. The second kappa shape index (κ2) is 8.34. The number of carbonyl (C=O) groups is 2. The van der Waals surface area contributed by atoms with Crippen molar-refractivity contribution in [1.29, 1.82) is 0 Å². The number of amides is 1. The lowest BCUT2D eigenvalue weighted by Crippen LogP contribution is -2.33. The zero-order valence-electron chi connectivity index (χ0n) is 18.4. The molecule has 1 amide bonds. The number of ketones is 1. The van der Waals surface area contributed by atoms with E-state index in [1.165, 1.54) is 26.2 Å². The third-order valence-electron chi connectivity index (χ3n) is 5.88. The van der Waals surface area contributed by atoms with Crippen LogP contribution >= 0.6 is 0 Å². The van der Waals surface area contributed by atoms with E-state index in [1.54, 1.807) is 13.0 Å². The fourth-order valence-corrected chi connectivity index (χ4v) is 4.00. The zero-order valence-corrected chi connectivity index (χ0v) is 18.4. The molecular weight excluding hydrogens is 406 g/mol. The molecule has 6 nitrogen and oxygen atoms in total. The molecule has 2 heterocycles. The number of Topliss-reactive ketones (excluding diaryl/α,β-unsaturated/α-hetero) is 1. The summed E-state index contributed by atoms with van der Waals surface area (Å²) in [6.07, 6.45) is -0.988. The van der Waals surface area contributed by atoms with Gasteiger partial charge in [0.1, 0.15) is 11.8 Å². The Kier molecular flexibility index (Phi) is 6.14. The number of aromatic nitrogens is 1. The Morgan fingerprint density at radius 3 is 2.52 bits per heavy atom. The quantitative estimate of drug-likeness (QED) is 0.708. The van der Waals surface area contributed by atoms with Crippen LogP contribution < -0.4 is 10.1 Å². The van der Waals surface area contributed by atoms with Gasteiger partial charge in [-0.25, -0.2) is 9.37 Å². The molecule has 1 aliphatic rings. The number of benzene rings is 1. The Balaban J connectivity index is 2.00. The van der Waals surface area contributed by atoms with Crippen LogP contribution in [0, 0.1) is 24.5 Å². The molecule has 1 fully saturated rings. The second-order valence-electron chi connectivity index (χ2n) is 8.37. The van der Waals surface area contributed by atoms with Gasteiger partial charge in [0.2, 0.25) is 5.82 Å². The van der Waals surface area contributed by atoms with Crippen molar-refractivity contribution in [2.75, 3.05) is 12.4 Å². The Hall–Kier alpha value is -2.87. The number of halogens is 2. The van der Waals surface area contributed by atoms with Gasteiger partial charge in [-0.1, -0.05) is 13.0 Å². The van der Waals surface area contributed by atoms with Gasteiger partial charge in [-0.15, -0.1) is 0 Å². The van der Waals surface area contributed by atoms with E-state index in [4.69, 9.17) is 9.47 Å². The monoisotopic (exact) mass is 432 g/mol. The van der Waals surface area contributed by atoms with Crippen LogP contribution in [0.25, 0.3) is 0 Å². The highest BCUT2D eigenvalue weighted by atomic mass is 19.2. The fraction of sp³-hybridized carbons (Fsp3) is 0.435. The van der Waals surface area contributed by atoms with E-state index < -0.39 is 35.2 Å². The molecule has 2 aromatic rings. The number of pyridine rings is 1. The van der Waals surface area contributed by atoms with Crippen molar-refractivity contribution in [2.45, 2.75) is 52.2 Å². The molecule has 3 rings (SSSR count). The van der Waals surface area contributed by atoms with Crippen molar-refractivity contribution >= 4 is 17.4 Å². The summed E-state index contributed by atoms with van der Waals surface area (Å²) in [5, 5.41) is 2.78. The summed E-state index contributed by atoms with van der Waals surface area (Å²) >= 11 is 0. The number of hydrogen-bond donors (Lipinski definition) is 1. The number of methoxy groups -OCH3 is 1. The fourth-order valence-electron chi connectivity index (χ4n) is 4.00. The third-order valence-corrected chi connectivity index (χ3v) is 5.88. The van der Waals surface area contributed by atoms with E-state index in [1.807, 2.05) is 20.8 Å². The van der Waals surface area contributed by atoms with Gasteiger partial charge in [-0.2, -0.15) is 4.39 Å². The minimum absolute atomic E-state index is 0.214. The van der Waals surface area contributed by atoms with Crippen LogP contribution in [0.1, 0.15) is 55.4 Å². The second-order valence-corrected chi connectivity index (χ2v) is 8.37. The Morgan fingerprint density at radius 2 is 1.90 bits per heavy atom. The van der Waals surface area contributed by atoms with E-state index in [0.717, 1.165) is 6.07 Å². The van der Waals surface area contributed by atoms with Crippen molar-refractivity contribution in [2.24, 2.45) is 5.92 Å². The van der Waals surface area contributed by atoms with Crippen LogP contribution in [0.5, 0.6) is 5.75 Å². The smallest absolute Gasteiger partial charge is 0.254 e. The van der Waals surface area contributed by atoms with Crippen LogP contribution in [0.4, 0.5) is 14.5 Å². The summed E-state index contributed by atoms with van der Waals surface area (Å²) in [5.74, 6) is -3.87. The molecule has 0 saturated carbocycles. The summed E-state index contributed by atoms with van der Waals surface area (Å²) in [7, 11) is 1.26. The number of hydrogen-bond acceptors (Lipinski definition) is 5. The zero-order chi connectivity index (χ0) is 23.1. The van der Waals surface area contributed by atoms with Crippen LogP contribution in [-0.4, -0.2) is 35.5 Å². The largest absolute Gasteiger partial charge is 0.493 e. The lowest BCUT2D eigenvalue weighted by Gasteiger charge is -2.25. The maximum atomic E-state index is 14.4. The van der Waals surface area contributed by atoms with Gasteiger partial charge >= 0.3 is 0 Å². The van der Waals surface area contributed by atoms with Crippen LogP contribution in [0.15, 0.2) is 24.3 Å². The first-order valence-corrected chi connectivity index (χ1v) is 9.96. The summed E-state index contributed by atoms with van der Waals surface area (Å²) in [6, 6.07) is 5.57. The molecule has 1 aliphatic heterocycles. The number of carbonyl (C=O) groups excluding carboxylic acids is 2. The van der Waals surface area contributed by atoms with E-state index in [0.29, 0.717) is 16.9 Å². The number of anilines is 1. The van der Waals surface area contributed by atoms with Gasteiger partial charge < -0.3 is 14.8 Å². The van der Waals surface area contributed by atoms with E-state index in [9.17, 15) is 18.4 Å². The number of nitrogens with zero attached hydrogens (tertiary/aromatic N) is 1. The number of nitrogens with one attached hydrogen (secondary N) is 1. The predicted molar refractivity (Wildman–Crippen MR) is 111 cm³/mol. The molecule has 0 spiro atoms. The lowest BCUT2D eigenvalue weighted by molar-refractivity contribution is -0.131. The summed E-state index contributed by atoms with van der Waals surface area (Å²) in [5.41, 5.74) is 0.856. The summed E-state index contributed by atoms with van der Waals surface area (Å²) in [6.45, 7) is 8.68. The molecule has 1 aromatic heterocycles. The van der Waals surface area contributed by atoms with Gasteiger partial charge in [0.15, 0.2) is 17.3 Å². The van der Waals surface area contributed by atoms with Crippen molar-refractivity contribution in [3.8, 4) is 5.75 Å². The van der Waals surface area contributed by atoms with Crippen LogP contribution in [0.3, 0.4) is 0 Å². The van der Waals surface area contributed by atoms with Crippen LogP contribution in [-0.2, 0) is 9.53 Å². The Morgan fingerprint density at radius 1 is 1.23 bits per heavy atom. The minimum atomic E-state index is -1.10. The molecule has 1 N–H and O–H groups in total. The normalized spacial score (nSPS) is 22.3. The maximum absolute atomic E-state index is 14.4. The number of rotatable bonds is 5. The highest BCUT2D eigenvalue weighted by molar-refractivity contribution is 5.98. The highest BCUT2D eigenvalue weighted by Gasteiger charge is 2.51. The molecule has 0 aliphatic carbocycles. The standard InChI is InChI=1S/C23H26F2N2O4/c1-11-9-14(10-17(26-11)13(3)28)27-22(29)21-18(12(2)23(4,5)31-21)15-7-8-16(24)19(25)20(15)30-6/h7-10,12,18,21H,1-6H3,(H,26,27,29)/t12-,18-,21+/m0/s1. The molecule has 1 aromatic carbocycles. The van der Waals surface area contributed by atoms with Crippen LogP contribution in [0.2, 0.25) is 0 Å². The average molecular weight is 432 g/mol. The number of ether oxygens (including phenoxy) is 2. The summed E-state index contributed by atoms with van der Waals surface area (Å²) in [4.78, 5) is 29.1. The molecule has 3 atom stereocenters. The Bertz CT molecular complexity index is 1040. The van der Waals surface area contributed by atoms with E-state index in [2.05, 4.69) is 10.3 Å². The van der Waals surface area contributed by atoms with Gasteiger partial charge in [-0.3, -0.25) is 9.59 Å². The van der Waals surface area contributed by atoms with Crippen molar-refractivity contribution < 1.29 is 27.8 Å². The molecule has 8 heteroatoms. The van der Waals surface area contributed by atoms with Gasteiger partial charge in [0, 0.05) is 29.8 Å². The first-order chi connectivity index (χ1) is 14.5. The van der Waals surface area contributed by atoms with Gasteiger partial charge in [0.25, 0.3) is 5.91 Å². The molecule has 0 unspecified atom stereocenters. The third kappa shape index (κ3) is 4.30. The molecule has 31 heavy (non-hydrogen) atoms. The topological polar surface area (TPSA) is 77.5 Å². The SMILES string of the molecule is COc1c([C@H]2[C@H](C(=O)Nc3cc(C)nc(C(C)=O)c3)OC(C)(C)[C@H]2C)ccc(F)c1F. The molecule has 0 bridgehead atoms. The Labute approximate surface area is 180 Å². The maximum Gasteiger partial charge on any atom is 0.254 e. The first kappa shape index (κ1) is 22.8. The molecular formula is C23H26F2N2O4.